The molecule has 1 rings (SSSR count). The van der Waals surface area contributed by atoms with E-state index in [0.29, 0.717) is 5.56 Å². The molecule has 0 saturated carbocycles. The predicted molar refractivity (Wildman–Crippen MR) is 72.3 cm³/mol. The average Bonchev–Trinajstić information content (AvgIpc) is 2.37. The van der Waals surface area contributed by atoms with E-state index in [9.17, 15) is 9.18 Å². The number of benzene rings is 1. The second kappa shape index (κ2) is 6.52. The molecule has 3 N–H and O–H groups in total. The van der Waals surface area contributed by atoms with Crippen LogP contribution in [0.4, 0.5) is 4.39 Å². The van der Waals surface area contributed by atoms with Crippen LogP contribution in [-0.2, 0) is 4.79 Å². The lowest BCUT2D eigenvalue weighted by Gasteiger charge is -2.20. The standard InChI is InChI=1S/C14H21FN2O2/c1-8(2)13(16)14(18)17-9(3)10-5-6-12(19-4)11(15)7-10/h5-9,13H,16H2,1-4H3,(H,17,18). The van der Waals surface area contributed by atoms with Crippen LogP contribution >= 0.6 is 0 Å². The largest absolute Gasteiger partial charge is 0.494 e. The van der Waals surface area contributed by atoms with Crippen molar-refractivity contribution in [1.82, 2.24) is 5.32 Å². The Labute approximate surface area is 113 Å². The molecule has 19 heavy (non-hydrogen) atoms. The Balaban J connectivity index is 2.76. The van der Waals surface area contributed by atoms with Gasteiger partial charge in [0.25, 0.3) is 0 Å². The van der Waals surface area contributed by atoms with Gasteiger partial charge in [0.1, 0.15) is 0 Å². The van der Waals surface area contributed by atoms with Crippen LogP contribution in [0.5, 0.6) is 5.75 Å². The van der Waals surface area contributed by atoms with Crippen molar-refractivity contribution >= 4 is 5.91 Å². The van der Waals surface area contributed by atoms with Crippen molar-refractivity contribution in [3.63, 3.8) is 0 Å². The van der Waals surface area contributed by atoms with Gasteiger partial charge in [-0.1, -0.05) is 19.9 Å². The first-order chi connectivity index (χ1) is 8.86. The monoisotopic (exact) mass is 268 g/mol. The van der Waals surface area contributed by atoms with Gasteiger partial charge < -0.3 is 15.8 Å². The Morgan fingerprint density at radius 1 is 1.37 bits per heavy atom. The van der Waals surface area contributed by atoms with E-state index in [1.807, 2.05) is 13.8 Å². The molecule has 0 heterocycles. The SMILES string of the molecule is COc1ccc(C(C)NC(=O)C(N)C(C)C)cc1F. The minimum absolute atomic E-state index is 0.0554. The maximum absolute atomic E-state index is 13.6. The summed E-state index contributed by atoms with van der Waals surface area (Å²) < 4.78 is 18.4. The lowest BCUT2D eigenvalue weighted by Crippen LogP contribution is -2.44. The number of hydrogen-bond donors (Lipinski definition) is 2. The van der Waals surface area contributed by atoms with Crippen LogP contribution in [0, 0.1) is 11.7 Å². The molecule has 0 bridgehead atoms. The summed E-state index contributed by atoms with van der Waals surface area (Å²) in [6.07, 6.45) is 0. The molecule has 1 aromatic rings. The maximum Gasteiger partial charge on any atom is 0.237 e. The summed E-state index contributed by atoms with van der Waals surface area (Å²) in [5.41, 5.74) is 6.42. The van der Waals surface area contributed by atoms with Gasteiger partial charge in [-0.15, -0.1) is 0 Å². The third kappa shape index (κ3) is 3.92. The topological polar surface area (TPSA) is 64.3 Å². The average molecular weight is 268 g/mol. The molecular weight excluding hydrogens is 247 g/mol. The van der Waals surface area contributed by atoms with Gasteiger partial charge in [-0.25, -0.2) is 4.39 Å². The van der Waals surface area contributed by atoms with Crippen molar-refractivity contribution in [2.24, 2.45) is 11.7 Å². The zero-order valence-corrected chi connectivity index (χ0v) is 11.7. The van der Waals surface area contributed by atoms with Crippen LogP contribution < -0.4 is 15.8 Å². The van der Waals surface area contributed by atoms with Gasteiger partial charge in [0.2, 0.25) is 5.91 Å². The predicted octanol–water partition coefficient (Wildman–Crippen LogP) is 1.99. The van der Waals surface area contributed by atoms with Gasteiger partial charge in [0.05, 0.1) is 19.2 Å². The summed E-state index contributed by atoms with van der Waals surface area (Å²) in [7, 11) is 1.41. The first kappa shape index (κ1) is 15.4. The van der Waals surface area contributed by atoms with E-state index in [4.69, 9.17) is 10.5 Å². The summed E-state index contributed by atoms with van der Waals surface area (Å²) in [5.74, 6) is -0.450. The number of nitrogens with one attached hydrogen (secondary N) is 1. The fraction of sp³-hybridized carbons (Fsp3) is 0.500. The van der Waals surface area contributed by atoms with E-state index in [0.717, 1.165) is 0 Å². The quantitative estimate of drug-likeness (QED) is 0.858. The minimum atomic E-state index is -0.564. The molecule has 5 heteroatoms. The van der Waals surface area contributed by atoms with Crippen LogP contribution in [0.25, 0.3) is 0 Å². The first-order valence-corrected chi connectivity index (χ1v) is 6.26. The lowest BCUT2D eigenvalue weighted by atomic mass is 10.0. The second-order valence-electron chi connectivity index (χ2n) is 4.89. The Morgan fingerprint density at radius 3 is 2.47 bits per heavy atom. The highest BCUT2D eigenvalue weighted by atomic mass is 19.1. The van der Waals surface area contributed by atoms with Crippen LogP contribution in [0.3, 0.4) is 0 Å². The molecule has 0 fully saturated rings. The van der Waals surface area contributed by atoms with Gasteiger partial charge in [-0.3, -0.25) is 4.79 Å². The van der Waals surface area contributed by atoms with Crippen LogP contribution in [-0.4, -0.2) is 19.1 Å². The highest BCUT2D eigenvalue weighted by molar-refractivity contribution is 5.82. The number of ether oxygens (including phenoxy) is 1. The van der Waals surface area contributed by atoms with E-state index in [-0.39, 0.29) is 23.6 Å². The number of methoxy groups -OCH3 is 1. The fourth-order valence-electron chi connectivity index (χ4n) is 1.65. The summed E-state index contributed by atoms with van der Waals surface area (Å²) >= 11 is 0. The molecule has 0 saturated heterocycles. The van der Waals surface area contributed by atoms with E-state index < -0.39 is 11.9 Å². The fourth-order valence-corrected chi connectivity index (χ4v) is 1.65. The number of carbonyl (C=O) groups excluding carboxylic acids is 1. The number of hydrogen-bond acceptors (Lipinski definition) is 3. The molecule has 0 spiro atoms. The van der Waals surface area contributed by atoms with Crippen molar-refractivity contribution < 1.29 is 13.9 Å². The van der Waals surface area contributed by atoms with Gasteiger partial charge >= 0.3 is 0 Å². The Morgan fingerprint density at radius 2 is 2.00 bits per heavy atom. The summed E-state index contributed by atoms with van der Waals surface area (Å²) in [5, 5.41) is 2.77. The second-order valence-corrected chi connectivity index (χ2v) is 4.89. The highest BCUT2D eigenvalue weighted by Gasteiger charge is 2.19. The maximum atomic E-state index is 13.6. The molecule has 106 valence electrons. The molecule has 0 aromatic heterocycles. The summed E-state index contributed by atoms with van der Waals surface area (Å²) in [6, 6.07) is 3.73. The van der Waals surface area contributed by atoms with Crippen LogP contribution in [0.1, 0.15) is 32.4 Å². The Bertz CT molecular complexity index is 449. The zero-order valence-electron chi connectivity index (χ0n) is 11.7. The first-order valence-electron chi connectivity index (χ1n) is 6.26. The van der Waals surface area contributed by atoms with Gasteiger partial charge in [0.15, 0.2) is 11.6 Å². The van der Waals surface area contributed by atoms with Gasteiger partial charge in [-0.2, -0.15) is 0 Å². The van der Waals surface area contributed by atoms with Crippen molar-refractivity contribution in [1.29, 1.82) is 0 Å². The zero-order chi connectivity index (χ0) is 14.6. The number of amides is 1. The molecule has 4 nitrogen and oxygen atoms in total. The summed E-state index contributed by atoms with van der Waals surface area (Å²) in [4.78, 5) is 11.8. The number of halogens is 1. The molecule has 0 aliphatic heterocycles. The molecule has 0 aliphatic rings. The minimum Gasteiger partial charge on any atom is -0.494 e. The van der Waals surface area contributed by atoms with Crippen molar-refractivity contribution in [2.75, 3.05) is 7.11 Å². The number of carbonyl (C=O) groups is 1. The van der Waals surface area contributed by atoms with E-state index >= 15 is 0 Å². The van der Waals surface area contributed by atoms with Crippen molar-refractivity contribution in [2.45, 2.75) is 32.9 Å². The molecule has 2 atom stereocenters. The third-order valence-corrected chi connectivity index (χ3v) is 3.06. The van der Waals surface area contributed by atoms with Crippen molar-refractivity contribution in [3.05, 3.63) is 29.6 Å². The molecule has 1 aromatic carbocycles. The van der Waals surface area contributed by atoms with E-state index in [2.05, 4.69) is 5.32 Å². The van der Waals surface area contributed by atoms with E-state index in [1.54, 1.807) is 13.0 Å². The van der Waals surface area contributed by atoms with Crippen LogP contribution in [0.2, 0.25) is 0 Å². The smallest absolute Gasteiger partial charge is 0.237 e. The third-order valence-electron chi connectivity index (χ3n) is 3.06. The van der Waals surface area contributed by atoms with Gasteiger partial charge in [0, 0.05) is 0 Å². The van der Waals surface area contributed by atoms with E-state index in [1.165, 1.54) is 19.2 Å². The lowest BCUT2D eigenvalue weighted by molar-refractivity contribution is -0.123. The molecule has 0 aliphatic carbocycles. The summed E-state index contributed by atoms with van der Waals surface area (Å²) in [6.45, 7) is 5.54. The number of rotatable bonds is 5. The normalized spacial score (nSPS) is 14.1. The Kier molecular flexibility index (Phi) is 5.30. The molecule has 2 unspecified atom stereocenters. The highest BCUT2D eigenvalue weighted by Crippen LogP contribution is 2.21. The molecule has 0 radical (unpaired) electrons. The molecule has 1 amide bonds. The van der Waals surface area contributed by atoms with Crippen LogP contribution in [0.15, 0.2) is 18.2 Å². The Hall–Kier alpha value is -1.62. The molecular formula is C14H21FN2O2. The van der Waals surface area contributed by atoms with Crippen molar-refractivity contribution in [3.8, 4) is 5.75 Å². The van der Waals surface area contributed by atoms with Gasteiger partial charge in [-0.05, 0) is 30.5 Å². The number of nitrogens with two attached hydrogens (primary N) is 1.